The predicted octanol–water partition coefficient (Wildman–Crippen LogP) is 1.87. The van der Waals surface area contributed by atoms with Gasteiger partial charge in [0.15, 0.2) is 0 Å². The van der Waals surface area contributed by atoms with Crippen molar-refractivity contribution in [2.45, 2.75) is 69.1 Å². The summed E-state index contributed by atoms with van der Waals surface area (Å²) in [5.41, 5.74) is 0.216. The molecule has 1 saturated carbocycles. The lowest BCUT2D eigenvalue weighted by Gasteiger charge is -2.46. The fourth-order valence-corrected chi connectivity index (χ4v) is 4.65. The third kappa shape index (κ3) is 3.22. The molecule has 2 saturated heterocycles. The summed E-state index contributed by atoms with van der Waals surface area (Å²) in [6.07, 6.45) is 9.39. The number of aromatic nitrogens is 1. The highest BCUT2D eigenvalue weighted by Gasteiger charge is 2.48. The van der Waals surface area contributed by atoms with E-state index in [0.717, 1.165) is 44.1 Å². The summed E-state index contributed by atoms with van der Waals surface area (Å²) in [5, 5.41) is 10.3. The lowest BCUT2D eigenvalue weighted by molar-refractivity contribution is -0.143. The Labute approximate surface area is 154 Å². The van der Waals surface area contributed by atoms with Crippen LogP contribution in [0.25, 0.3) is 0 Å². The molecule has 1 aromatic heterocycles. The van der Waals surface area contributed by atoms with Crippen LogP contribution in [0.1, 0.15) is 56.9 Å². The van der Waals surface area contributed by atoms with E-state index in [2.05, 4.69) is 4.98 Å². The van der Waals surface area contributed by atoms with Gasteiger partial charge in [-0.05, 0) is 56.2 Å². The molecule has 0 bridgehead atoms. The molecule has 1 spiro atoms. The Bertz CT molecular complexity index is 679. The molecule has 2 aliphatic heterocycles. The topological polar surface area (TPSA) is 73.7 Å². The summed E-state index contributed by atoms with van der Waals surface area (Å²) in [4.78, 5) is 33.0. The molecule has 3 fully saturated rings. The van der Waals surface area contributed by atoms with Gasteiger partial charge in [0.2, 0.25) is 11.8 Å². The van der Waals surface area contributed by atoms with E-state index >= 15 is 0 Å². The van der Waals surface area contributed by atoms with Gasteiger partial charge < -0.3 is 14.9 Å². The summed E-state index contributed by atoms with van der Waals surface area (Å²) in [7, 11) is 0. The highest BCUT2D eigenvalue weighted by atomic mass is 16.3. The van der Waals surface area contributed by atoms with Crippen molar-refractivity contribution in [2.75, 3.05) is 13.1 Å². The molecular formula is C20H27N3O3. The van der Waals surface area contributed by atoms with Crippen LogP contribution in [0.4, 0.5) is 0 Å². The van der Waals surface area contributed by atoms with Crippen molar-refractivity contribution in [1.29, 1.82) is 0 Å². The molecule has 0 unspecified atom stereocenters. The van der Waals surface area contributed by atoms with E-state index in [0.29, 0.717) is 26.1 Å². The van der Waals surface area contributed by atoms with Crippen LogP contribution in [-0.4, -0.2) is 55.9 Å². The minimum atomic E-state index is -0.761. The molecule has 2 amide bonds. The van der Waals surface area contributed by atoms with E-state index in [9.17, 15) is 14.7 Å². The minimum Gasteiger partial charge on any atom is -0.389 e. The van der Waals surface area contributed by atoms with Crippen molar-refractivity contribution in [3.63, 3.8) is 0 Å². The van der Waals surface area contributed by atoms with Crippen LogP contribution in [0.5, 0.6) is 0 Å². The highest BCUT2D eigenvalue weighted by Crippen LogP contribution is 2.41. The quantitative estimate of drug-likeness (QED) is 0.893. The third-order valence-corrected chi connectivity index (χ3v) is 6.58. The highest BCUT2D eigenvalue weighted by molar-refractivity contribution is 5.80. The van der Waals surface area contributed by atoms with Crippen molar-refractivity contribution in [3.05, 3.63) is 30.1 Å². The first-order valence-electron chi connectivity index (χ1n) is 9.69. The number of rotatable bonds is 4. The van der Waals surface area contributed by atoms with Gasteiger partial charge in [0.1, 0.15) is 0 Å². The number of pyridine rings is 1. The molecule has 1 aromatic rings. The Hall–Kier alpha value is -1.95. The Balaban J connectivity index is 1.40. The van der Waals surface area contributed by atoms with Gasteiger partial charge in [-0.2, -0.15) is 0 Å². The molecule has 3 aliphatic rings. The average molecular weight is 357 g/mol. The van der Waals surface area contributed by atoms with E-state index in [1.807, 2.05) is 21.9 Å². The van der Waals surface area contributed by atoms with Crippen LogP contribution in [0.15, 0.2) is 24.5 Å². The first-order chi connectivity index (χ1) is 12.5. The summed E-state index contributed by atoms with van der Waals surface area (Å²) < 4.78 is 0. The van der Waals surface area contributed by atoms with Crippen LogP contribution >= 0.6 is 0 Å². The Morgan fingerprint density at radius 1 is 1.12 bits per heavy atom. The predicted molar refractivity (Wildman–Crippen MR) is 96.0 cm³/mol. The zero-order valence-electron chi connectivity index (χ0n) is 15.2. The SMILES string of the molecule is O=C(CC1(O)CCC1)N1CCC2(CCC(=O)N2Cc2ccncc2)CC1. The second-order valence-electron chi connectivity index (χ2n) is 8.20. The maximum atomic E-state index is 12.5. The number of hydrogen-bond donors (Lipinski definition) is 1. The van der Waals surface area contributed by atoms with Gasteiger partial charge in [-0.1, -0.05) is 0 Å². The van der Waals surface area contributed by atoms with E-state index in [1.54, 1.807) is 12.4 Å². The maximum Gasteiger partial charge on any atom is 0.225 e. The Morgan fingerprint density at radius 3 is 2.42 bits per heavy atom. The third-order valence-electron chi connectivity index (χ3n) is 6.58. The first-order valence-corrected chi connectivity index (χ1v) is 9.69. The first kappa shape index (κ1) is 17.5. The maximum absolute atomic E-state index is 12.5. The zero-order valence-corrected chi connectivity index (χ0v) is 15.2. The second-order valence-corrected chi connectivity index (χ2v) is 8.20. The molecule has 3 heterocycles. The van der Waals surface area contributed by atoms with Crippen molar-refractivity contribution < 1.29 is 14.7 Å². The molecule has 0 aromatic carbocycles. The van der Waals surface area contributed by atoms with Crippen LogP contribution in [0.3, 0.4) is 0 Å². The number of nitrogens with zero attached hydrogens (tertiary/aromatic N) is 3. The lowest BCUT2D eigenvalue weighted by atomic mass is 9.77. The van der Waals surface area contributed by atoms with Crippen molar-refractivity contribution in [1.82, 2.24) is 14.8 Å². The number of carbonyl (C=O) groups excluding carboxylic acids is 2. The normalized spacial score (nSPS) is 24.0. The largest absolute Gasteiger partial charge is 0.389 e. The molecule has 6 nitrogen and oxygen atoms in total. The summed E-state index contributed by atoms with van der Waals surface area (Å²) >= 11 is 0. The van der Waals surface area contributed by atoms with Gasteiger partial charge in [-0.25, -0.2) is 0 Å². The Morgan fingerprint density at radius 2 is 1.81 bits per heavy atom. The second kappa shape index (κ2) is 6.65. The molecular weight excluding hydrogens is 330 g/mol. The monoisotopic (exact) mass is 357 g/mol. The summed E-state index contributed by atoms with van der Waals surface area (Å²) in [6.45, 7) is 1.97. The molecule has 140 valence electrons. The molecule has 26 heavy (non-hydrogen) atoms. The smallest absolute Gasteiger partial charge is 0.225 e. The van der Waals surface area contributed by atoms with E-state index in [4.69, 9.17) is 0 Å². The van der Waals surface area contributed by atoms with Gasteiger partial charge in [0.05, 0.1) is 12.0 Å². The summed E-state index contributed by atoms with van der Waals surface area (Å²) in [5.74, 6) is 0.275. The van der Waals surface area contributed by atoms with Crippen LogP contribution in [0.2, 0.25) is 0 Å². The average Bonchev–Trinajstić information content (AvgIpc) is 2.91. The zero-order chi connectivity index (χ0) is 18.2. The molecule has 6 heteroatoms. The minimum absolute atomic E-state index is 0.0621. The fourth-order valence-electron chi connectivity index (χ4n) is 4.65. The molecule has 4 rings (SSSR count). The number of carbonyl (C=O) groups is 2. The lowest BCUT2D eigenvalue weighted by Crippen LogP contribution is -2.54. The van der Waals surface area contributed by atoms with Crippen LogP contribution in [0, 0.1) is 0 Å². The Kier molecular flexibility index (Phi) is 4.47. The number of amides is 2. The number of aliphatic hydroxyl groups is 1. The molecule has 1 N–H and O–H groups in total. The molecule has 0 radical (unpaired) electrons. The molecule has 0 atom stereocenters. The fraction of sp³-hybridized carbons (Fsp3) is 0.650. The van der Waals surface area contributed by atoms with E-state index < -0.39 is 5.60 Å². The number of hydrogen-bond acceptors (Lipinski definition) is 4. The standard InChI is InChI=1S/C20H27N3O3/c24-17-2-7-19(23(17)15-16-3-10-21-11-4-16)8-12-22(13-9-19)18(25)14-20(26)5-1-6-20/h3-4,10-11,26H,1-2,5-9,12-15H2. The van der Waals surface area contributed by atoms with Crippen molar-refractivity contribution >= 4 is 11.8 Å². The van der Waals surface area contributed by atoms with Gasteiger partial charge in [-0.15, -0.1) is 0 Å². The van der Waals surface area contributed by atoms with E-state index in [1.165, 1.54) is 0 Å². The van der Waals surface area contributed by atoms with Crippen LogP contribution < -0.4 is 0 Å². The number of piperidine rings is 1. The van der Waals surface area contributed by atoms with Gasteiger partial charge in [0, 0.05) is 44.0 Å². The van der Waals surface area contributed by atoms with Crippen molar-refractivity contribution in [2.24, 2.45) is 0 Å². The van der Waals surface area contributed by atoms with E-state index in [-0.39, 0.29) is 23.8 Å². The van der Waals surface area contributed by atoms with Crippen LogP contribution in [-0.2, 0) is 16.1 Å². The van der Waals surface area contributed by atoms with Crippen molar-refractivity contribution in [3.8, 4) is 0 Å². The van der Waals surface area contributed by atoms with Gasteiger partial charge in [-0.3, -0.25) is 14.6 Å². The number of likely N-dealkylation sites (tertiary alicyclic amines) is 2. The van der Waals surface area contributed by atoms with Gasteiger partial charge in [0.25, 0.3) is 0 Å². The molecule has 1 aliphatic carbocycles. The summed E-state index contributed by atoms with van der Waals surface area (Å²) in [6, 6.07) is 3.91. The van der Waals surface area contributed by atoms with Gasteiger partial charge >= 0.3 is 0 Å².